The fourth-order valence-corrected chi connectivity index (χ4v) is 2.24. The van der Waals surface area contributed by atoms with Crippen molar-refractivity contribution in [2.45, 2.75) is 25.5 Å². The van der Waals surface area contributed by atoms with Crippen molar-refractivity contribution in [3.05, 3.63) is 29.8 Å². The summed E-state index contributed by atoms with van der Waals surface area (Å²) in [7, 11) is 3.53. The molecule has 1 aromatic rings. The van der Waals surface area contributed by atoms with Crippen LogP contribution in [0.2, 0.25) is 0 Å². The van der Waals surface area contributed by atoms with E-state index in [2.05, 4.69) is 15.2 Å². The van der Waals surface area contributed by atoms with Crippen LogP contribution >= 0.6 is 0 Å². The Bertz CT molecular complexity index is 389. The zero-order valence-corrected chi connectivity index (χ0v) is 13.1. The summed E-state index contributed by atoms with van der Waals surface area (Å²) in [5.74, 6) is -0.325. The molecule has 1 aromatic heterocycles. The summed E-state index contributed by atoms with van der Waals surface area (Å²) in [5, 5.41) is 13.1. The summed E-state index contributed by atoms with van der Waals surface area (Å²) in [6.45, 7) is 4.55. The molecule has 0 bridgehead atoms. The second-order valence-electron chi connectivity index (χ2n) is 5.17. The van der Waals surface area contributed by atoms with E-state index in [1.54, 1.807) is 13.2 Å². The van der Waals surface area contributed by atoms with E-state index in [4.69, 9.17) is 4.74 Å². The minimum Gasteiger partial charge on any atom is -0.389 e. The third kappa shape index (κ3) is 6.95. The van der Waals surface area contributed by atoms with Crippen molar-refractivity contribution in [1.82, 2.24) is 15.2 Å². The van der Waals surface area contributed by atoms with Crippen LogP contribution < -0.4 is 5.32 Å². The molecule has 1 rings (SSSR count). The van der Waals surface area contributed by atoms with E-state index in [9.17, 15) is 9.50 Å². The van der Waals surface area contributed by atoms with Crippen LogP contribution in [0.3, 0.4) is 0 Å². The molecule has 0 saturated carbocycles. The number of hydrogen-bond donors (Lipinski definition) is 2. The molecule has 0 aromatic carbocycles. The van der Waals surface area contributed by atoms with Crippen molar-refractivity contribution < 1.29 is 14.2 Å². The average molecular weight is 299 g/mol. The number of likely N-dealkylation sites (N-methyl/N-ethyl adjacent to an activating group) is 1. The van der Waals surface area contributed by atoms with Gasteiger partial charge in [-0.25, -0.2) is 4.39 Å². The number of methoxy groups -OCH3 is 1. The number of nitrogens with one attached hydrogen (secondary N) is 1. The summed E-state index contributed by atoms with van der Waals surface area (Å²) < 4.78 is 17.8. The summed E-state index contributed by atoms with van der Waals surface area (Å²) in [4.78, 5) is 6.19. The van der Waals surface area contributed by atoms with Gasteiger partial charge in [-0.3, -0.25) is 4.98 Å². The Morgan fingerprint density at radius 3 is 2.81 bits per heavy atom. The standard InChI is InChI=1S/C15H26FN3O2/c1-4-17-15(14-6-5-12(16)9-18-14)7-8-19(2)10-13(20)11-21-3/h5-6,9,13,15,17,20H,4,7-8,10-11H2,1-3H3. The fraction of sp³-hybridized carbons (Fsp3) is 0.667. The first-order valence-corrected chi connectivity index (χ1v) is 7.27. The molecule has 2 atom stereocenters. The first-order chi connectivity index (χ1) is 10.1. The van der Waals surface area contributed by atoms with E-state index in [-0.39, 0.29) is 11.9 Å². The molecule has 0 aliphatic heterocycles. The van der Waals surface area contributed by atoms with Crippen LogP contribution in [0.4, 0.5) is 4.39 Å². The van der Waals surface area contributed by atoms with E-state index in [0.29, 0.717) is 13.2 Å². The van der Waals surface area contributed by atoms with Crippen molar-refractivity contribution in [1.29, 1.82) is 0 Å². The molecule has 21 heavy (non-hydrogen) atoms. The minimum absolute atomic E-state index is 0.0811. The Hall–Kier alpha value is -1.08. The van der Waals surface area contributed by atoms with Crippen LogP contribution in [-0.2, 0) is 4.74 Å². The SMILES string of the molecule is CCNC(CCN(C)CC(O)COC)c1ccc(F)cn1. The number of pyridine rings is 1. The fourth-order valence-electron chi connectivity index (χ4n) is 2.24. The number of nitrogens with zero attached hydrogens (tertiary/aromatic N) is 2. The zero-order chi connectivity index (χ0) is 15.7. The molecule has 0 amide bonds. The van der Waals surface area contributed by atoms with Gasteiger partial charge in [-0.1, -0.05) is 6.92 Å². The predicted molar refractivity (Wildman–Crippen MR) is 80.6 cm³/mol. The molecule has 5 nitrogen and oxygen atoms in total. The van der Waals surface area contributed by atoms with Gasteiger partial charge in [-0.15, -0.1) is 0 Å². The van der Waals surface area contributed by atoms with Crippen molar-refractivity contribution in [3.8, 4) is 0 Å². The second kappa shape index (κ2) is 9.78. The van der Waals surface area contributed by atoms with Gasteiger partial charge in [0.05, 0.1) is 30.6 Å². The molecule has 0 aliphatic rings. The first-order valence-electron chi connectivity index (χ1n) is 7.27. The number of ether oxygens (including phenoxy) is 1. The lowest BCUT2D eigenvalue weighted by atomic mass is 10.1. The normalized spacial score (nSPS) is 14.4. The lowest BCUT2D eigenvalue weighted by Crippen LogP contribution is -2.34. The van der Waals surface area contributed by atoms with Gasteiger partial charge in [0, 0.05) is 13.7 Å². The van der Waals surface area contributed by atoms with Crippen LogP contribution in [-0.4, -0.2) is 61.5 Å². The molecule has 2 N–H and O–H groups in total. The zero-order valence-electron chi connectivity index (χ0n) is 13.1. The molecule has 0 saturated heterocycles. The molecule has 2 unspecified atom stereocenters. The lowest BCUT2D eigenvalue weighted by Gasteiger charge is -2.23. The second-order valence-corrected chi connectivity index (χ2v) is 5.17. The molecular weight excluding hydrogens is 273 g/mol. The van der Waals surface area contributed by atoms with E-state index >= 15 is 0 Å². The van der Waals surface area contributed by atoms with Gasteiger partial charge >= 0.3 is 0 Å². The quantitative estimate of drug-likeness (QED) is 0.680. The molecule has 120 valence electrons. The van der Waals surface area contributed by atoms with E-state index in [0.717, 1.165) is 25.2 Å². The third-order valence-corrected chi connectivity index (χ3v) is 3.24. The number of aliphatic hydroxyl groups is 1. The summed E-state index contributed by atoms with van der Waals surface area (Å²) in [5.41, 5.74) is 0.837. The van der Waals surface area contributed by atoms with Gasteiger partial charge in [-0.2, -0.15) is 0 Å². The number of rotatable bonds is 10. The maximum Gasteiger partial charge on any atom is 0.141 e. The molecule has 0 aliphatic carbocycles. The van der Waals surface area contributed by atoms with Crippen LogP contribution in [0.1, 0.15) is 25.1 Å². The average Bonchev–Trinajstić information content (AvgIpc) is 2.44. The number of aliphatic hydroxyl groups excluding tert-OH is 1. The van der Waals surface area contributed by atoms with Crippen molar-refractivity contribution in [2.75, 3.05) is 40.4 Å². The van der Waals surface area contributed by atoms with E-state index < -0.39 is 6.10 Å². The Morgan fingerprint density at radius 1 is 1.48 bits per heavy atom. The highest BCUT2D eigenvalue weighted by molar-refractivity contribution is 5.09. The molecule has 0 radical (unpaired) electrons. The molecule has 0 spiro atoms. The van der Waals surface area contributed by atoms with Crippen LogP contribution in [0.5, 0.6) is 0 Å². The number of halogens is 1. The largest absolute Gasteiger partial charge is 0.389 e. The third-order valence-electron chi connectivity index (χ3n) is 3.24. The number of aromatic nitrogens is 1. The number of hydrogen-bond acceptors (Lipinski definition) is 5. The van der Waals surface area contributed by atoms with Crippen molar-refractivity contribution in [2.24, 2.45) is 0 Å². The highest BCUT2D eigenvalue weighted by Gasteiger charge is 2.14. The van der Waals surface area contributed by atoms with Crippen LogP contribution in [0.15, 0.2) is 18.3 Å². The smallest absolute Gasteiger partial charge is 0.141 e. The molecule has 1 heterocycles. The molecule has 6 heteroatoms. The Balaban J connectivity index is 2.49. The van der Waals surface area contributed by atoms with Gasteiger partial charge in [0.15, 0.2) is 0 Å². The first kappa shape index (κ1) is 18.0. The van der Waals surface area contributed by atoms with E-state index in [1.807, 2.05) is 14.0 Å². The van der Waals surface area contributed by atoms with Gasteiger partial charge in [0.1, 0.15) is 5.82 Å². The van der Waals surface area contributed by atoms with Gasteiger partial charge in [-0.05, 0) is 38.7 Å². The maximum absolute atomic E-state index is 12.9. The predicted octanol–water partition coefficient (Wildman–Crippen LogP) is 1.20. The van der Waals surface area contributed by atoms with Gasteiger partial charge in [0.2, 0.25) is 0 Å². The highest BCUT2D eigenvalue weighted by atomic mass is 19.1. The molecular formula is C15H26FN3O2. The highest BCUT2D eigenvalue weighted by Crippen LogP contribution is 2.15. The van der Waals surface area contributed by atoms with E-state index in [1.165, 1.54) is 12.3 Å². The Morgan fingerprint density at radius 2 is 2.24 bits per heavy atom. The summed E-state index contributed by atoms with van der Waals surface area (Å²) >= 11 is 0. The minimum atomic E-state index is -0.485. The van der Waals surface area contributed by atoms with Crippen LogP contribution in [0, 0.1) is 5.82 Å². The van der Waals surface area contributed by atoms with Gasteiger partial charge < -0.3 is 20.1 Å². The maximum atomic E-state index is 12.9. The monoisotopic (exact) mass is 299 g/mol. The lowest BCUT2D eigenvalue weighted by molar-refractivity contribution is 0.0426. The van der Waals surface area contributed by atoms with Crippen molar-refractivity contribution >= 4 is 0 Å². The van der Waals surface area contributed by atoms with Gasteiger partial charge in [0.25, 0.3) is 0 Å². The molecule has 0 fully saturated rings. The Kier molecular flexibility index (Phi) is 8.37. The summed E-state index contributed by atoms with van der Waals surface area (Å²) in [6.07, 6.45) is 1.59. The topological polar surface area (TPSA) is 57.6 Å². The van der Waals surface area contributed by atoms with Crippen LogP contribution in [0.25, 0.3) is 0 Å². The summed E-state index contributed by atoms with van der Waals surface area (Å²) in [6, 6.07) is 3.22. The van der Waals surface area contributed by atoms with Crippen molar-refractivity contribution in [3.63, 3.8) is 0 Å². The Labute approximate surface area is 126 Å².